The maximum absolute atomic E-state index is 12.6. The Kier molecular flexibility index (Phi) is 14.5. The van der Waals surface area contributed by atoms with Gasteiger partial charge in [-0.05, 0) is 18.6 Å². The molecule has 0 bridgehead atoms. The van der Waals surface area contributed by atoms with Crippen LogP contribution >= 0.6 is 7.60 Å². The first-order valence-corrected chi connectivity index (χ1v) is 12.8. The molecule has 0 radical (unpaired) electrons. The van der Waals surface area contributed by atoms with Gasteiger partial charge in [-0.1, -0.05) is 109 Å². The van der Waals surface area contributed by atoms with Gasteiger partial charge in [-0.2, -0.15) is 0 Å². The fourth-order valence-corrected chi connectivity index (χ4v) is 4.72. The lowest BCUT2D eigenvalue weighted by molar-refractivity contribution is 0.320. The second kappa shape index (κ2) is 16.2. The van der Waals surface area contributed by atoms with E-state index in [1.165, 1.54) is 84.2 Å². The zero-order valence-electron chi connectivity index (χ0n) is 17.7. The van der Waals surface area contributed by atoms with Gasteiger partial charge in [0.05, 0.1) is 6.16 Å². The third-order valence-electron chi connectivity index (χ3n) is 5.05. The van der Waals surface area contributed by atoms with Crippen molar-refractivity contribution in [1.29, 1.82) is 0 Å². The maximum Gasteiger partial charge on any atom is 0.378 e. The van der Waals surface area contributed by atoms with Crippen LogP contribution < -0.4 is 4.52 Å². The molecule has 4 heteroatoms. The van der Waals surface area contributed by atoms with E-state index in [2.05, 4.69) is 6.92 Å². The average molecular weight is 397 g/mol. The molecule has 0 aliphatic heterocycles. The molecule has 0 aromatic heterocycles. The van der Waals surface area contributed by atoms with Crippen molar-refractivity contribution in [2.75, 3.05) is 13.3 Å². The van der Waals surface area contributed by atoms with Crippen LogP contribution in [0.4, 0.5) is 0 Å². The molecule has 0 heterocycles. The topological polar surface area (TPSA) is 35.5 Å². The number of unbranched alkanes of at least 4 members (excludes halogenated alkanes) is 13. The minimum Gasteiger partial charge on any atom is -0.424 e. The lowest BCUT2D eigenvalue weighted by Gasteiger charge is -2.17. The van der Waals surface area contributed by atoms with Gasteiger partial charge in [0.1, 0.15) is 5.75 Å². The number of hydrogen-bond acceptors (Lipinski definition) is 3. The summed E-state index contributed by atoms with van der Waals surface area (Å²) in [7, 11) is -1.53. The first-order chi connectivity index (χ1) is 13.2. The average Bonchev–Trinajstić information content (AvgIpc) is 2.69. The Balaban J connectivity index is 1.95. The van der Waals surface area contributed by atoms with E-state index >= 15 is 0 Å². The summed E-state index contributed by atoms with van der Waals surface area (Å²) >= 11 is 0. The quantitative estimate of drug-likeness (QED) is 0.185. The van der Waals surface area contributed by atoms with Gasteiger partial charge in [-0.15, -0.1) is 0 Å². The van der Waals surface area contributed by atoms with E-state index in [1.54, 1.807) is 0 Å². The highest BCUT2D eigenvalue weighted by Gasteiger charge is 2.23. The SMILES string of the molecule is CCCCCCCCCCCCCCCCP(=O)(OC)Oc1ccccc1. The summed E-state index contributed by atoms with van der Waals surface area (Å²) in [5, 5.41) is 0. The zero-order chi connectivity index (χ0) is 19.6. The van der Waals surface area contributed by atoms with E-state index in [1.807, 2.05) is 30.3 Å². The normalized spacial score (nSPS) is 13.4. The van der Waals surface area contributed by atoms with E-state index in [0.717, 1.165) is 12.8 Å². The van der Waals surface area contributed by atoms with Gasteiger partial charge in [0.25, 0.3) is 0 Å². The van der Waals surface area contributed by atoms with Crippen LogP contribution in [0, 0.1) is 0 Å². The summed E-state index contributed by atoms with van der Waals surface area (Å²) in [5.74, 6) is 0.619. The molecule has 1 unspecified atom stereocenters. The lowest BCUT2D eigenvalue weighted by Crippen LogP contribution is -2.00. The highest BCUT2D eigenvalue weighted by atomic mass is 31.2. The van der Waals surface area contributed by atoms with Crippen LogP contribution in [0.5, 0.6) is 5.75 Å². The Morgan fingerprint density at radius 2 is 1.15 bits per heavy atom. The molecule has 156 valence electrons. The summed E-state index contributed by atoms with van der Waals surface area (Å²) in [6.45, 7) is 2.27. The Bertz CT molecular complexity index is 490. The zero-order valence-corrected chi connectivity index (χ0v) is 18.6. The fourth-order valence-electron chi connectivity index (χ4n) is 3.32. The van der Waals surface area contributed by atoms with Gasteiger partial charge in [0.2, 0.25) is 0 Å². The second-order valence-corrected chi connectivity index (χ2v) is 9.73. The van der Waals surface area contributed by atoms with Crippen molar-refractivity contribution in [3.63, 3.8) is 0 Å². The van der Waals surface area contributed by atoms with Crippen molar-refractivity contribution in [1.82, 2.24) is 0 Å². The van der Waals surface area contributed by atoms with Crippen LogP contribution in [0.3, 0.4) is 0 Å². The van der Waals surface area contributed by atoms with Crippen LogP contribution in [-0.4, -0.2) is 13.3 Å². The Morgan fingerprint density at radius 1 is 0.704 bits per heavy atom. The van der Waals surface area contributed by atoms with Crippen molar-refractivity contribution in [2.45, 2.75) is 96.8 Å². The Hall–Kier alpha value is -0.790. The number of para-hydroxylation sites is 1. The van der Waals surface area contributed by atoms with Gasteiger partial charge >= 0.3 is 7.60 Å². The fraction of sp³-hybridized carbons (Fsp3) is 0.739. The molecule has 0 saturated carbocycles. The molecule has 3 nitrogen and oxygen atoms in total. The Labute approximate surface area is 167 Å². The monoisotopic (exact) mass is 396 g/mol. The molecule has 0 N–H and O–H groups in total. The van der Waals surface area contributed by atoms with Crippen molar-refractivity contribution in [3.05, 3.63) is 30.3 Å². The molecule has 1 aromatic rings. The van der Waals surface area contributed by atoms with Crippen molar-refractivity contribution < 1.29 is 13.6 Å². The van der Waals surface area contributed by atoms with Crippen LogP contribution in [0.1, 0.15) is 96.8 Å². The molecule has 1 atom stereocenters. The van der Waals surface area contributed by atoms with Crippen molar-refractivity contribution >= 4 is 7.60 Å². The number of rotatable bonds is 18. The molecule has 0 saturated heterocycles. The Morgan fingerprint density at radius 3 is 1.59 bits per heavy atom. The summed E-state index contributed by atoms with van der Waals surface area (Å²) < 4.78 is 23.4. The van der Waals surface area contributed by atoms with Gasteiger partial charge in [0.15, 0.2) is 0 Å². The van der Waals surface area contributed by atoms with Crippen molar-refractivity contribution in [2.24, 2.45) is 0 Å². The van der Waals surface area contributed by atoms with Gasteiger partial charge in [-0.3, -0.25) is 0 Å². The minimum atomic E-state index is -3.01. The standard InChI is InChI=1S/C23H41O3P/c1-3-4-5-6-7-8-9-10-11-12-13-14-15-19-22-27(24,25-2)26-23-20-17-16-18-21-23/h16-18,20-21H,3-15,19,22H2,1-2H3. The summed E-state index contributed by atoms with van der Waals surface area (Å²) in [6, 6.07) is 9.30. The van der Waals surface area contributed by atoms with E-state index in [9.17, 15) is 4.57 Å². The molecule has 1 rings (SSSR count). The second-order valence-electron chi connectivity index (χ2n) is 7.52. The van der Waals surface area contributed by atoms with Crippen molar-refractivity contribution in [3.8, 4) is 5.75 Å². The molecule has 1 aromatic carbocycles. The van der Waals surface area contributed by atoms with Crippen LogP contribution in [0.2, 0.25) is 0 Å². The third-order valence-corrected chi connectivity index (χ3v) is 6.96. The highest BCUT2D eigenvalue weighted by molar-refractivity contribution is 7.54. The number of benzene rings is 1. The molecule has 0 amide bonds. The first-order valence-electron chi connectivity index (χ1n) is 11.1. The maximum atomic E-state index is 12.6. The van der Waals surface area contributed by atoms with E-state index < -0.39 is 7.60 Å². The lowest BCUT2D eigenvalue weighted by atomic mass is 10.0. The summed E-state index contributed by atoms with van der Waals surface area (Å²) in [5.41, 5.74) is 0. The van der Waals surface area contributed by atoms with Crippen LogP contribution in [0.25, 0.3) is 0 Å². The van der Waals surface area contributed by atoms with Crippen LogP contribution in [0.15, 0.2) is 30.3 Å². The molecule has 0 aliphatic rings. The summed E-state index contributed by atoms with van der Waals surface area (Å²) in [6.07, 6.45) is 18.9. The van der Waals surface area contributed by atoms with Gasteiger partial charge in [0, 0.05) is 7.11 Å². The summed E-state index contributed by atoms with van der Waals surface area (Å²) in [4.78, 5) is 0. The van der Waals surface area contributed by atoms with Gasteiger partial charge < -0.3 is 9.05 Å². The first kappa shape index (κ1) is 24.2. The third kappa shape index (κ3) is 13.1. The predicted octanol–water partition coefficient (Wildman–Crippen LogP) is 8.39. The highest BCUT2D eigenvalue weighted by Crippen LogP contribution is 2.48. The molecule has 0 aliphatic carbocycles. The molecule has 0 fully saturated rings. The van der Waals surface area contributed by atoms with E-state index in [4.69, 9.17) is 9.05 Å². The smallest absolute Gasteiger partial charge is 0.378 e. The number of hydrogen-bond donors (Lipinski definition) is 0. The molecular formula is C23H41O3P. The van der Waals surface area contributed by atoms with Crippen LogP contribution in [-0.2, 0) is 9.09 Å². The molecule has 27 heavy (non-hydrogen) atoms. The largest absolute Gasteiger partial charge is 0.424 e. The van der Waals surface area contributed by atoms with Gasteiger partial charge in [-0.25, -0.2) is 4.57 Å². The minimum absolute atomic E-state index is 0.496. The molecule has 0 spiro atoms. The van der Waals surface area contributed by atoms with E-state index in [0.29, 0.717) is 11.9 Å². The van der Waals surface area contributed by atoms with E-state index in [-0.39, 0.29) is 0 Å². The predicted molar refractivity (Wildman–Crippen MR) is 117 cm³/mol. The molecular weight excluding hydrogens is 355 g/mol.